The minimum atomic E-state index is -0.812. The molecule has 0 aromatic heterocycles. The van der Waals surface area contributed by atoms with E-state index >= 15 is 0 Å². The van der Waals surface area contributed by atoms with Crippen LogP contribution in [0.4, 0.5) is 4.79 Å². The van der Waals surface area contributed by atoms with Gasteiger partial charge in [0.25, 0.3) is 0 Å². The average molecular weight is 289 g/mol. The van der Waals surface area contributed by atoms with E-state index in [9.17, 15) is 9.59 Å². The molecule has 0 heterocycles. The Morgan fingerprint density at radius 3 is 2.29 bits per heavy atom. The van der Waals surface area contributed by atoms with Gasteiger partial charge >= 0.3 is 12.1 Å². The summed E-state index contributed by atoms with van der Waals surface area (Å²) in [5, 5.41) is 2.52. The van der Waals surface area contributed by atoms with Crippen LogP contribution in [0, 0.1) is 0 Å². The van der Waals surface area contributed by atoms with E-state index in [1.54, 1.807) is 45.0 Å². The maximum atomic E-state index is 11.8. The Morgan fingerprint density at radius 1 is 1.24 bits per heavy atom. The molecule has 1 rings (SSSR count). The van der Waals surface area contributed by atoms with Crippen molar-refractivity contribution in [3.63, 3.8) is 0 Å². The third-order valence-corrected chi connectivity index (χ3v) is 2.60. The fourth-order valence-corrected chi connectivity index (χ4v) is 1.67. The topological polar surface area (TPSA) is 64.6 Å². The molecule has 1 aromatic carbocycles. The summed E-state index contributed by atoms with van der Waals surface area (Å²) in [5.74, 6) is -0.530. The normalized spacial score (nSPS) is 12.4. The van der Waals surface area contributed by atoms with Crippen molar-refractivity contribution in [3.8, 4) is 0 Å². The number of esters is 1. The monoisotopic (exact) mass is 289 g/mol. The van der Waals surface area contributed by atoms with Gasteiger partial charge in [-0.1, -0.05) is 29.7 Å². The lowest BCUT2D eigenvalue weighted by molar-refractivity contribution is -0.143. The molecule has 1 amide bonds. The quantitative estimate of drug-likeness (QED) is 0.665. The van der Waals surface area contributed by atoms with Gasteiger partial charge in [-0.15, -0.1) is 0 Å². The molecular formula is C15H20BNO4. The minimum Gasteiger partial charge on any atom is -0.467 e. The zero-order valence-electron chi connectivity index (χ0n) is 12.8. The molecule has 1 atom stereocenters. The van der Waals surface area contributed by atoms with Crippen molar-refractivity contribution in [1.29, 1.82) is 0 Å². The molecule has 0 aliphatic heterocycles. The number of carbonyl (C=O) groups is 2. The molecule has 1 N–H and O–H groups in total. The summed E-state index contributed by atoms with van der Waals surface area (Å²) in [6, 6.07) is 6.24. The molecule has 1 aromatic rings. The van der Waals surface area contributed by atoms with Crippen molar-refractivity contribution in [2.45, 2.75) is 38.8 Å². The fourth-order valence-electron chi connectivity index (χ4n) is 1.67. The first kappa shape index (κ1) is 17.1. The molecule has 6 heteroatoms. The van der Waals surface area contributed by atoms with E-state index in [1.807, 2.05) is 0 Å². The van der Waals surface area contributed by atoms with Crippen LogP contribution in [0.25, 0.3) is 0 Å². The van der Waals surface area contributed by atoms with Crippen LogP contribution < -0.4 is 10.8 Å². The van der Waals surface area contributed by atoms with Crippen molar-refractivity contribution >= 4 is 25.4 Å². The number of nitrogens with one attached hydrogen (secondary N) is 1. The standard InChI is InChI=1S/C15H20BNO4/c1-15(2,3)21-14(19)17-12(13(18)20-4)9-10-5-7-11(16)8-6-10/h5-8,12H,9H2,1-4H3,(H,17,19). The number of hydrogen-bond acceptors (Lipinski definition) is 4. The lowest BCUT2D eigenvalue weighted by Gasteiger charge is -2.22. The third-order valence-electron chi connectivity index (χ3n) is 2.60. The highest BCUT2D eigenvalue weighted by atomic mass is 16.6. The highest BCUT2D eigenvalue weighted by molar-refractivity contribution is 6.32. The summed E-state index contributed by atoms with van der Waals surface area (Å²) in [5.41, 5.74) is 0.857. The van der Waals surface area contributed by atoms with Crippen molar-refractivity contribution in [1.82, 2.24) is 5.32 Å². The third kappa shape index (κ3) is 6.34. The van der Waals surface area contributed by atoms with Gasteiger partial charge in [-0.25, -0.2) is 9.59 Å². The van der Waals surface area contributed by atoms with Gasteiger partial charge in [-0.2, -0.15) is 0 Å². The molecule has 5 nitrogen and oxygen atoms in total. The lowest BCUT2D eigenvalue weighted by atomic mass is 9.94. The molecule has 2 radical (unpaired) electrons. The number of amides is 1. The number of hydrogen-bond donors (Lipinski definition) is 1. The molecule has 21 heavy (non-hydrogen) atoms. The molecule has 1 unspecified atom stereocenters. The lowest BCUT2D eigenvalue weighted by Crippen LogP contribution is -2.45. The van der Waals surface area contributed by atoms with Gasteiger partial charge in [0.2, 0.25) is 0 Å². The van der Waals surface area contributed by atoms with Crippen LogP contribution in [0.5, 0.6) is 0 Å². The zero-order valence-corrected chi connectivity index (χ0v) is 12.8. The molecule has 0 spiro atoms. The van der Waals surface area contributed by atoms with Gasteiger partial charge in [-0.05, 0) is 26.3 Å². The summed E-state index contributed by atoms with van der Waals surface area (Å²) >= 11 is 0. The second-order valence-electron chi connectivity index (χ2n) is 5.67. The van der Waals surface area contributed by atoms with Crippen molar-refractivity contribution in [2.75, 3.05) is 7.11 Å². The van der Waals surface area contributed by atoms with E-state index in [2.05, 4.69) is 5.32 Å². The second-order valence-corrected chi connectivity index (χ2v) is 5.67. The van der Waals surface area contributed by atoms with Crippen LogP contribution in [0.1, 0.15) is 26.3 Å². The van der Waals surface area contributed by atoms with Gasteiger partial charge < -0.3 is 14.8 Å². The van der Waals surface area contributed by atoms with Crippen LogP contribution in [-0.4, -0.2) is 38.7 Å². The van der Waals surface area contributed by atoms with Gasteiger partial charge in [0.15, 0.2) is 0 Å². The highest BCUT2D eigenvalue weighted by Gasteiger charge is 2.25. The molecule has 112 valence electrons. The number of benzene rings is 1. The number of rotatable bonds is 4. The van der Waals surface area contributed by atoms with E-state index in [0.717, 1.165) is 5.56 Å². The maximum Gasteiger partial charge on any atom is 0.408 e. The van der Waals surface area contributed by atoms with Gasteiger partial charge in [0, 0.05) is 6.42 Å². The van der Waals surface area contributed by atoms with Crippen LogP contribution >= 0.6 is 0 Å². The summed E-state index contributed by atoms with van der Waals surface area (Å²) in [6.07, 6.45) is -0.361. The Bertz CT molecular complexity index is 493. The Morgan fingerprint density at radius 2 is 1.81 bits per heavy atom. The van der Waals surface area contributed by atoms with Crippen LogP contribution in [0.15, 0.2) is 24.3 Å². The zero-order chi connectivity index (χ0) is 16.0. The molecule has 0 saturated carbocycles. The Labute approximate surface area is 126 Å². The van der Waals surface area contributed by atoms with Crippen molar-refractivity contribution in [2.24, 2.45) is 0 Å². The number of carbonyl (C=O) groups excluding carboxylic acids is 2. The fraction of sp³-hybridized carbons (Fsp3) is 0.467. The first-order chi connectivity index (χ1) is 9.71. The van der Waals surface area contributed by atoms with E-state index in [1.165, 1.54) is 7.11 Å². The molecule has 0 saturated heterocycles. The second kappa shape index (κ2) is 7.15. The molecule has 0 bridgehead atoms. The van der Waals surface area contributed by atoms with Gasteiger partial charge in [0.05, 0.1) is 7.11 Å². The Hall–Kier alpha value is -1.98. The molecule has 0 fully saturated rings. The molecule has 0 aliphatic rings. The summed E-state index contributed by atoms with van der Waals surface area (Å²) in [6.45, 7) is 5.25. The van der Waals surface area contributed by atoms with E-state index in [-0.39, 0.29) is 0 Å². The van der Waals surface area contributed by atoms with E-state index in [4.69, 9.17) is 17.3 Å². The molecule has 0 aliphatic carbocycles. The van der Waals surface area contributed by atoms with Crippen LogP contribution in [0.3, 0.4) is 0 Å². The number of methoxy groups -OCH3 is 1. The van der Waals surface area contributed by atoms with Crippen molar-refractivity contribution < 1.29 is 19.1 Å². The smallest absolute Gasteiger partial charge is 0.408 e. The van der Waals surface area contributed by atoms with E-state index < -0.39 is 23.7 Å². The first-order valence-electron chi connectivity index (χ1n) is 6.63. The predicted octanol–water partition coefficient (Wildman–Crippen LogP) is 1.09. The van der Waals surface area contributed by atoms with Gasteiger partial charge in [0.1, 0.15) is 19.5 Å². The summed E-state index contributed by atoms with van der Waals surface area (Å²) in [7, 11) is 6.89. The number of ether oxygens (including phenoxy) is 2. The maximum absolute atomic E-state index is 11.8. The predicted molar refractivity (Wildman–Crippen MR) is 80.7 cm³/mol. The largest absolute Gasteiger partial charge is 0.467 e. The van der Waals surface area contributed by atoms with Crippen LogP contribution in [0.2, 0.25) is 0 Å². The molecular weight excluding hydrogens is 269 g/mol. The highest BCUT2D eigenvalue weighted by Crippen LogP contribution is 2.08. The number of alkyl carbamates (subject to hydrolysis) is 1. The average Bonchev–Trinajstić information content (AvgIpc) is 2.37. The minimum absolute atomic E-state index is 0.298. The van der Waals surface area contributed by atoms with Crippen LogP contribution in [-0.2, 0) is 20.7 Å². The first-order valence-corrected chi connectivity index (χ1v) is 6.63. The van der Waals surface area contributed by atoms with Crippen molar-refractivity contribution in [3.05, 3.63) is 29.8 Å². The Kier molecular flexibility index (Phi) is 5.82. The Balaban J connectivity index is 2.74. The SMILES string of the molecule is [B]c1ccc(CC(NC(=O)OC(C)(C)C)C(=O)OC)cc1. The van der Waals surface area contributed by atoms with Gasteiger partial charge in [-0.3, -0.25) is 0 Å². The van der Waals surface area contributed by atoms with E-state index in [0.29, 0.717) is 11.9 Å². The summed E-state index contributed by atoms with van der Waals surface area (Å²) in [4.78, 5) is 23.5. The summed E-state index contributed by atoms with van der Waals surface area (Å²) < 4.78 is 9.85.